The highest BCUT2D eigenvalue weighted by atomic mass is 16.8. The van der Waals surface area contributed by atoms with E-state index < -0.39 is 124 Å². The van der Waals surface area contributed by atoms with E-state index >= 15 is 0 Å². The molecule has 0 aliphatic carbocycles. The molecule has 3 aliphatic rings. The van der Waals surface area contributed by atoms with Crippen molar-refractivity contribution in [3.05, 3.63) is 60.8 Å². The molecule has 1 amide bonds. The van der Waals surface area contributed by atoms with Gasteiger partial charge < -0.3 is 89.9 Å². The summed E-state index contributed by atoms with van der Waals surface area (Å²) < 4.78 is 34.4. The van der Waals surface area contributed by atoms with Gasteiger partial charge in [-0.25, -0.2) is 0 Å². The van der Waals surface area contributed by atoms with Gasteiger partial charge in [0.2, 0.25) is 5.91 Å². The van der Waals surface area contributed by atoms with Gasteiger partial charge in [-0.05, 0) is 77.0 Å². The number of ether oxygens (including phenoxy) is 6. The summed E-state index contributed by atoms with van der Waals surface area (Å²) in [5.74, 6) is -0.294. The number of carbonyl (C=O) groups is 1. The Bertz CT molecular complexity index is 1940. The minimum absolute atomic E-state index is 0.225. The maximum atomic E-state index is 13.4. The number of hydrogen-bond donors (Lipinski definition) is 12. The fourth-order valence-electron chi connectivity index (χ4n) is 12.4. The highest BCUT2D eigenvalue weighted by Gasteiger charge is 2.53. The van der Waals surface area contributed by atoms with Crippen molar-refractivity contribution in [1.29, 1.82) is 0 Å². The zero-order valence-corrected chi connectivity index (χ0v) is 58.2. The van der Waals surface area contributed by atoms with Crippen LogP contribution in [0.25, 0.3) is 0 Å². The first kappa shape index (κ1) is 85.7. The molecule has 0 saturated carbocycles. The molecule has 0 spiro atoms. The van der Waals surface area contributed by atoms with Crippen LogP contribution in [0.4, 0.5) is 0 Å². The van der Waals surface area contributed by atoms with Crippen LogP contribution in [0.2, 0.25) is 0 Å². The molecule has 3 heterocycles. The third-order valence-electron chi connectivity index (χ3n) is 18.5. The summed E-state index contributed by atoms with van der Waals surface area (Å²) in [7, 11) is 0. The van der Waals surface area contributed by atoms with E-state index in [0.717, 1.165) is 64.2 Å². The fourth-order valence-corrected chi connectivity index (χ4v) is 12.4. The molecule has 3 aliphatic heterocycles. The van der Waals surface area contributed by atoms with Crippen LogP contribution in [0.1, 0.15) is 277 Å². The number of aliphatic hydroxyl groups excluding tert-OH is 11. The van der Waals surface area contributed by atoms with Crippen LogP contribution in [0, 0.1) is 0 Å². The Morgan fingerprint density at radius 1 is 0.383 bits per heavy atom. The lowest BCUT2D eigenvalue weighted by Crippen LogP contribution is -2.66. The van der Waals surface area contributed by atoms with E-state index in [4.69, 9.17) is 28.4 Å². The number of carbonyl (C=O) groups excluding carboxylic acids is 1. The maximum Gasteiger partial charge on any atom is 0.220 e. The van der Waals surface area contributed by atoms with Crippen LogP contribution >= 0.6 is 0 Å². The summed E-state index contributed by atoms with van der Waals surface area (Å²) in [5, 5.41) is 121. The summed E-state index contributed by atoms with van der Waals surface area (Å²) in [6.07, 6.45) is 43.5. The van der Waals surface area contributed by atoms with Gasteiger partial charge in [-0.2, -0.15) is 0 Å². The fraction of sp³-hybridized carbons (Fsp3) is 0.853. The Morgan fingerprint density at radius 3 is 1.15 bits per heavy atom. The lowest BCUT2D eigenvalue weighted by atomic mass is 9.96. The molecule has 19 heteroatoms. The molecule has 17 atom stereocenters. The average Bonchev–Trinajstić information content (AvgIpc) is 0.787. The maximum absolute atomic E-state index is 13.4. The standard InChI is InChI=1S/C75H135NO18/c1-3-5-7-9-11-13-15-17-19-21-23-24-25-26-27-28-29-30-31-32-33-35-36-38-40-42-44-46-48-50-52-59(80)58(76-63(81)53-51-49-47-45-43-41-39-37-34-22-20-18-16-14-12-10-8-6-4-2)57-89-73-69(87)66(84)71(61(55-78)91-73)94-75-70(88)67(85)72(62(56-79)92-75)93-74-68(86)65(83)64(82)60(54-77)90-74/h12,14,18,20,35-36,42,44,50,52,58-62,64-75,77-80,82-88H,3-11,13,15-17,19,21-34,37-41,43,45-49,51,53-57H2,1-2H3,(H,76,81)/b14-12-,20-18-,36-35+,44-42+,52-50+. The Morgan fingerprint density at radius 2 is 0.713 bits per heavy atom. The summed E-state index contributed by atoms with van der Waals surface area (Å²) >= 11 is 0. The van der Waals surface area contributed by atoms with E-state index in [1.54, 1.807) is 6.08 Å². The lowest BCUT2D eigenvalue weighted by molar-refractivity contribution is -0.379. The summed E-state index contributed by atoms with van der Waals surface area (Å²) in [6, 6.07) is -1.00. The SMILES string of the molecule is CCCCC/C=C\C/C=C\CCCCCCCCCCCC(=O)NC(COC1OC(CO)C(OC2OC(CO)C(OC3OC(CO)C(O)C(O)C3O)C(O)C2O)C(O)C1O)C(O)/C=C/CC/C=C/CC/C=C/CCCCCCCCCCCCCCCCCCCCCC. The Hall–Kier alpha value is -2.51. The second kappa shape index (κ2) is 56.3. The summed E-state index contributed by atoms with van der Waals surface area (Å²) in [6.45, 7) is 1.70. The topological polar surface area (TPSA) is 307 Å². The molecule has 548 valence electrons. The van der Waals surface area contributed by atoms with Crippen molar-refractivity contribution in [2.45, 2.75) is 381 Å². The molecule has 0 aromatic rings. The van der Waals surface area contributed by atoms with Crippen LogP contribution in [-0.4, -0.2) is 193 Å². The predicted octanol–water partition coefficient (Wildman–Crippen LogP) is 11.1. The first-order valence-corrected chi connectivity index (χ1v) is 37.5. The normalized spacial score (nSPS) is 27.7. The molecule has 19 nitrogen and oxygen atoms in total. The van der Waals surface area contributed by atoms with Crippen molar-refractivity contribution in [1.82, 2.24) is 5.32 Å². The minimum Gasteiger partial charge on any atom is -0.394 e. The Balaban J connectivity index is 1.42. The van der Waals surface area contributed by atoms with Crippen LogP contribution in [0.5, 0.6) is 0 Å². The molecule has 3 saturated heterocycles. The highest BCUT2D eigenvalue weighted by Crippen LogP contribution is 2.33. The smallest absolute Gasteiger partial charge is 0.220 e. The second-order valence-corrected chi connectivity index (χ2v) is 26.7. The summed E-state index contributed by atoms with van der Waals surface area (Å²) in [4.78, 5) is 13.4. The van der Waals surface area contributed by atoms with Crippen LogP contribution in [0.15, 0.2) is 60.8 Å². The molecule has 3 fully saturated rings. The number of hydrogen-bond acceptors (Lipinski definition) is 18. The van der Waals surface area contributed by atoms with Crippen molar-refractivity contribution >= 4 is 5.91 Å². The second-order valence-electron chi connectivity index (χ2n) is 26.7. The molecular weight excluding hydrogens is 1200 g/mol. The Kier molecular flexibility index (Phi) is 51.3. The van der Waals surface area contributed by atoms with E-state index in [1.807, 2.05) is 6.08 Å². The molecule has 0 bridgehead atoms. The van der Waals surface area contributed by atoms with Gasteiger partial charge in [-0.15, -0.1) is 0 Å². The number of nitrogens with one attached hydrogen (secondary N) is 1. The van der Waals surface area contributed by atoms with Gasteiger partial charge >= 0.3 is 0 Å². The van der Waals surface area contributed by atoms with Gasteiger partial charge in [0, 0.05) is 6.42 Å². The van der Waals surface area contributed by atoms with Crippen molar-refractivity contribution in [2.75, 3.05) is 26.4 Å². The number of rotatable bonds is 58. The largest absolute Gasteiger partial charge is 0.394 e. The molecule has 3 rings (SSSR count). The number of amides is 1. The van der Waals surface area contributed by atoms with Crippen molar-refractivity contribution in [2.24, 2.45) is 0 Å². The lowest BCUT2D eigenvalue weighted by Gasteiger charge is -2.48. The van der Waals surface area contributed by atoms with E-state index in [-0.39, 0.29) is 18.9 Å². The molecule has 0 aromatic heterocycles. The quantitative estimate of drug-likeness (QED) is 0.0199. The monoisotopic (exact) mass is 1340 g/mol. The van der Waals surface area contributed by atoms with Gasteiger partial charge in [0.15, 0.2) is 18.9 Å². The van der Waals surface area contributed by atoms with Crippen molar-refractivity contribution < 1.29 is 89.4 Å². The zero-order valence-electron chi connectivity index (χ0n) is 58.2. The van der Waals surface area contributed by atoms with Crippen LogP contribution in [0.3, 0.4) is 0 Å². The van der Waals surface area contributed by atoms with Crippen molar-refractivity contribution in [3.8, 4) is 0 Å². The van der Waals surface area contributed by atoms with Gasteiger partial charge in [0.25, 0.3) is 0 Å². The number of allylic oxidation sites excluding steroid dienone is 9. The van der Waals surface area contributed by atoms with Crippen molar-refractivity contribution in [3.63, 3.8) is 0 Å². The first-order chi connectivity index (χ1) is 45.8. The molecular formula is C75H135NO18. The minimum atomic E-state index is -1.99. The molecule has 0 radical (unpaired) electrons. The number of unbranched alkanes of at least 4 members (excludes halogenated alkanes) is 34. The third kappa shape index (κ3) is 37.1. The van der Waals surface area contributed by atoms with Gasteiger partial charge in [-0.1, -0.05) is 254 Å². The number of aliphatic hydroxyl groups is 11. The molecule has 17 unspecified atom stereocenters. The third-order valence-corrected chi connectivity index (χ3v) is 18.5. The van der Waals surface area contributed by atoms with E-state index in [2.05, 4.69) is 67.8 Å². The zero-order chi connectivity index (χ0) is 68.2. The van der Waals surface area contributed by atoms with Crippen LogP contribution in [-0.2, 0) is 33.2 Å². The van der Waals surface area contributed by atoms with E-state index in [1.165, 1.54) is 180 Å². The summed E-state index contributed by atoms with van der Waals surface area (Å²) in [5.41, 5.74) is 0. The molecule has 94 heavy (non-hydrogen) atoms. The predicted molar refractivity (Wildman–Crippen MR) is 369 cm³/mol. The molecule has 12 N–H and O–H groups in total. The highest BCUT2D eigenvalue weighted by molar-refractivity contribution is 5.76. The van der Waals surface area contributed by atoms with Crippen LogP contribution < -0.4 is 5.32 Å². The van der Waals surface area contributed by atoms with Gasteiger partial charge in [-0.3, -0.25) is 4.79 Å². The van der Waals surface area contributed by atoms with Gasteiger partial charge in [0.1, 0.15) is 73.2 Å². The van der Waals surface area contributed by atoms with E-state index in [9.17, 15) is 61.0 Å². The first-order valence-electron chi connectivity index (χ1n) is 37.5. The van der Waals surface area contributed by atoms with Gasteiger partial charge in [0.05, 0.1) is 38.6 Å². The van der Waals surface area contributed by atoms with E-state index in [0.29, 0.717) is 12.8 Å². The molecule has 0 aromatic carbocycles. The Labute approximate surface area is 566 Å². The average molecular weight is 1340 g/mol.